The van der Waals surface area contributed by atoms with Gasteiger partial charge in [0.05, 0.1) is 12.3 Å². The first-order chi connectivity index (χ1) is 13.9. The molecule has 2 aliphatic heterocycles. The monoisotopic (exact) mass is 373 g/mol. The van der Waals surface area contributed by atoms with Crippen LogP contribution in [-0.2, 0) is 11.3 Å². The maximum atomic E-state index is 5.90. The van der Waals surface area contributed by atoms with E-state index in [-0.39, 0.29) is 0 Å². The van der Waals surface area contributed by atoms with Crippen LogP contribution in [0.15, 0.2) is 60.8 Å². The molecule has 0 saturated heterocycles. The number of nitrogens with one attached hydrogen (secondary N) is 1. The van der Waals surface area contributed by atoms with Gasteiger partial charge >= 0.3 is 0 Å². The van der Waals surface area contributed by atoms with Gasteiger partial charge in [0.15, 0.2) is 0 Å². The molecule has 1 aromatic heterocycles. The molecule has 0 spiro atoms. The lowest BCUT2D eigenvalue weighted by Crippen LogP contribution is -2.34. The van der Waals surface area contributed by atoms with Crippen LogP contribution >= 0.6 is 0 Å². The number of hydrogen-bond donors (Lipinski definition) is 1. The minimum atomic E-state index is 0.790. The van der Waals surface area contributed by atoms with Crippen molar-refractivity contribution in [2.75, 3.05) is 37.8 Å². The van der Waals surface area contributed by atoms with E-state index in [1.54, 1.807) is 0 Å². The van der Waals surface area contributed by atoms with E-state index in [2.05, 4.69) is 69.6 Å². The Balaban J connectivity index is 1.16. The molecule has 5 rings (SSSR count). The normalized spacial score (nSPS) is 17.6. The molecule has 3 heterocycles. The molecule has 0 fully saturated rings. The second kappa shape index (κ2) is 7.82. The third-order valence-corrected chi connectivity index (χ3v) is 5.93. The molecule has 28 heavy (non-hydrogen) atoms. The minimum Gasteiger partial charge on any atom is -0.361 e. The van der Waals surface area contributed by atoms with Gasteiger partial charge in [-0.2, -0.15) is 0 Å². The summed E-state index contributed by atoms with van der Waals surface area (Å²) < 4.78 is 0. The number of anilines is 1. The third kappa shape index (κ3) is 3.58. The van der Waals surface area contributed by atoms with Crippen molar-refractivity contribution in [3.8, 4) is 0 Å². The van der Waals surface area contributed by atoms with E-state index in [9.17, 15) is 0 Å². The summed E-state index contributed by atoms with van der Waals surface area (Å²) in [7, 11) is 0. The molecule has 0 unspecified atom stereocenters. The Labute approximate surface area is 166 Å². The fourth-order valence-corrected chi connectivity index (χ4v) is 4.35. The number of hydroxylamine groups is 1. The van der Waals surface area contributed by atoms with E-state index in [1.165, 1.54) is 33.3 Å². The van der Waals surface area contributed by atoms with Crippen LogP contribution in [0, 0.1) is 0 Å². The molecule has 2 aliphatic rings. The molecule has 0 radical (unpaired) electrons. The highest BCUT2D eigenvalue weighted by Gasteiger charge is 2.18. The Bertz CT molecular complexity index is 990. The molecular weight excluding hydrogens is 346 g/mol. The Morgan fingerprint density at radius 2 is 1.96 bits per heavy atom. The first kappa shape index (κ1) is 17.5. The number of benzene rings is 2. The number of aromatic nitrogens is 1. The maximum Gasteiger partial charge on any atom is 0.0789 e. The van der Waals surface area contributed by atoms with Gasteiger partial charge in [-0.25, -0.2) is 0 Å². The van der Waals surface area contributed by atoms with Gasteiger partial charge in [-0.05, 0) is 59.2 Å². The number of nitrogens with zero attached hydrogens (tertiary/aromatic N) is 2. The molecule has 0 saturated carbocycles. The molecule has 4 nitrogen and oxygen atoms in total. The van der Waals surface area contributed by atoms with E-state index >= 15 is 0 Å². The van der Waals surface area contributed by atoms with Gasteiger partial charge in [0.2, 0.25) is 0 Å². The van der Waals surface area contributed by atoms with E-state index in [4.69, 9.17) is 4.84 Å². The van der Waals surface area contributed by atoms with Gasteiger partial charge in [-0.15, -0.1) is 0 Å². The van der Waals surface area contributed by atoms with Crippen LogP contribution in [0.3, 0.4) is 0 Å². The van der Waals surface area contributed by atoms with Crippen LogP contribution in [-0.4, -0.2) is 42.7 Å². The third-order valence-electron chi connectivity index (χ3n) is 5.93. The topological polar surface area (TPSA) is 31.5 Å². The second-order valence-corrected chi connectivity index (χ2v) is 7.73. The summed E-state index contributed by atoms with van der Waals surface area (Å²) in [5.41, 5.74) is 6.70. The molecule has 0 aliphatic carbocycles. The lowest BCUT2D eigenvalue weighted by molar-refractivity contribution is 0.0972. The maximum absolute atomic E-state index is 5.90. The van der Waals surface area contributed by atoms with Crippen LogP contribution in [0.25, 0.3) is 16.5 Å². The number of aromatic amines is 1. The van der Waals surface area contributed by atoms with E-state index in [0.29, 0.717) is 0 Å². The van der Waals surface area contributed by atoms with Crippen LogP contribution in [0.1, 0.15) is 24.0 Å². The second-order valence-electron chi connectivity index (χ2n) is 7.73. The average molecular weight is 374 g/mol. The van der Waals surface area contributed by atoms with Gasteiger partial charge in [0, 0.05) is 44.3 Å². The highest BCUT2D eigenvalue weighted by atomic mass is 16.7. The van der Waals surface area contributed by atoms with Gasteiger partial charge in [-0.1, -0.05) is 30.3 Å². The van der Waals surface area contributed by atoms with Crippen LogP contribution in [0.2, 0.25) is 0 Å². The van der Waals surface area contributed by atoms with Crippen molar-refractivity contribution in [1.29, 1.82) is 0 Å². The van der Waals surface area contributed by atoms with Crippen molar-refractivity contribution in [2.24, 2.45) is 0 Å². The van der Waals surface area contributed by atoms with Crippen LogP contribution in [0.4, 0.5) is 5.69 Å². The number of para-hydroxylation sites is 1. The van der Waals surface area contributed by atoms with E-state index in [0.717, 1.165) is 52.0 Å². The quantitative estimate of drug-likeness (QED) is 0.707. The lowest BCUT2D eigenvalue weighted by Gasteiger charge is -2.32. The minimum absolute atomic E-state index is 0.790. The van der Waals surface area contributed by atoms with E-state index in [1.807, 2.05) is 6.20 Å². The molecule has 0 bridgehead atoms. The van der Waals surface area contributed by atoms with Crippen LogP contribution < -0.4 is 5.06 Å². The summed E-state index contributed by atoms with van der Waals surface area (Å²) in [4.78, 5) is 11.7. The smallest absolute Gasteiger partial charge is 0.0789 e. The Morgan fingerprint density at radius 3 is 2.89 bits per heavy atom. The van der Waals surface area contributed by atoms with Gasteiger partial charge in [0.1, 0.15) is 0 Å². The van der Waals surface area contributed by atoms with Gasteiger partial charge < -0.3 is 4.98 Å². The average Bonchev–Trinajstić information content (AvgIpc) is 3.22. The first-order valence-electron chi connectivity index (χ1n) is 10.3. The molecule has 2 aromatic carbocycles. The largest absolute Gasteiger partial charge is 0.361 e. The van der Waals surface area contributed by atoms with E-state index < -0.39 is 0 Å². The highest BCUT2D eigenvalue weighted by Crippen LogP contribution is 2.27. The summed E-state index contributed by atoms with van der Waals surface area (Å²) >= 11 is 0. The van der Waals surface area contributed by atoms with Crippen molar-refractivity contribution < 1.29 is 4.84 Å². The first-order valence-corrected chi connectivity index (χ1v) is 10.3. The molecule has 1 N–H and O–H groups in total. The number of rotatable bonds is 5. The summed E-state index contributed by atoms with van der Waals surface area (Å²) in [6.07, 6.45) is 7.67. The molecule has 3 aromatic rings. The molecule has 144 valence electrons. The van der Waals surface area contributed by atoms with Crippen molar-refractivity contribution in [3.05, 3.63) is 71.9 Å². The number of hydrogen-bond acceptors (Lipinski definition) is 3. The van der Waals surface area contributed by atoms with Crippen LogP contribution in [0.5, 0.6) is 0 Å². The van der Waals surface area contributed by atoms with Crippen molar-refractivity contribution in [3.63, 3.8) is 0 Å². The highest BCUT2D eigenvalue weighted by molar-refractivity contribution is 5.84. The predicted octanol–water partition coefficient (Wildman–Crippen LogP) is 4.64. The number of fused-ring (bicyclic) bond motifs is 2. The Kier molecular flexibility index (Phi) is 4.90. The zero-order valence-corrected chi connectivity index (χ0v) is 16.2. The fourth-order valence-electron chi connectivity index (χ4n) is 4.35. The van der Waals surface area contributed by atoms with Crippen molar-refractivity contribution >= 4 is 22.2 Å². The Morgan fingerprint density at radius 1 is 1.00 bits per heavy atom. The SMILES string of the molecule is C1=C(c2ccc3[nH]ccc3c2)CCN(CCCN2OCCc3ccccc32)C1. The zero-order valence-electron chi connectivity index (χ0n) is 16.2. The lowest BCUT2D eigenvalue weighted by atomic mass is 9.98. The Hall–Kier alpha value is -2.56. The molecular formula is C24H27N3O. The summed E-state index contributed by atoms with van der Waals surface area (Å²) in [6, 6.07) is 17.5. The van der Waals surface area contributed by atoms with Crippen molar-refractivity contribution in [2.45, 2.75) is 19.3 Å². The summed E-state index contributed by atoms with van der Waals surface area (Å²) in [5, 5.41) is 3.39. The van der Waals surface area contributed by atoms with Gasteiger partial charge in [0.25, 0.3) is 0 Å². The molecule has 0 amide bonds. The predicted molar refractivity (Wildman–Crippen MR) is 115 cm³/mol. The van der Waals surface area contributed by atoms with Gasteiger partial charge in [-0.3, -0.25) is 14.8 Å². The molecule has 0 atom stereocenters. The summed E-state index contributed by atoms with van der Waals surface area (Å²) in [6.45, 7) is 5.03. The zero-order chi connectivity index (χ0) is 18.8. The standard InChI is InChI=1S/C24H27N3O/c1-2-5-24-20(4-1)11-17-28-27(24)14-3-13-26-15-9-19(10-16-26)21-6-7-23-22(18-21)8-12-25-23/h1-2,4-9,12,18,25H,3,10-11,13-17H2. The summed E-state index contributed by atoms with van der Waals surface area (Å²) in [5.74, 6) is 0. The number of H-pyrrole nitrogens is 1. The fraction of sp³-hybridized carbons (Fsp3) is 0.333. The molecule has 4 heteroatoms. The van der Waals surface area contributed by atoms with Crippen molar-refractivity contribution in [1.82, 2.24) is 9.88 Å².